The fourth-order valence-corrected chi connectivity index (χ4v) is 2.46. The molecule has 0 nitrogen and oxygen atoms in total. The Kier molecular flexibility index (Phi) is 4.49. The van der Waals surface area contributed by atoms with Gasteiger partial charge in [-0.3, -0.25) is 0 Å². The monoisotopic (exact) mass is 296 g/mol. The molecule has 2 aromatic rings. The molecule has 2 aromatic carbocycles. The quantitative estimate of drug-likeness (QED) is 0.645. The molecule has 0 fully saturated rings. The van der Waals surface area contributed by atoms with E-state index in [1.807, 2.05) is 6.92 Å². The molecule has 0 heterocycles. The fourth-order valence-electron chi connectivity index (χ4n) is 2.04. The Morgan fingerprint density at radius 1 is 1.11 bits per heavy atom. The van der Waals surface area contributed by atoms with Crippen LogP contribution in [0.15, 0.2) is 36.4 Å². The van der Waals surface area contributed by atoms with E-state index in [1.165, 1.54) is 22.8 Å². The van der Waals surface area contributed by atoms with E-state index in [4.69, 9.17) is 23.2 Å². The smallest absolute Gasteiger partial charge is 0.142 e. The average Bonchev–Trinajstić information content (AvgIpc) is 2.37. The molecule has 0 aliphatic rings. The molecule has 0 bridgehead atoms. The Bertz CT molecular complexity index is 593. The third-order valence-corrected chi connectivity index (χ3v) is 3.92. The minimum absolute atomic E-state index is 0.124. The average molecular weight is 297 g/mol. The lowest BCUT2D eigenvalue weighted by atomic mass is 9.98. The van der Waals surface area contributed by atoms with E-state index >= 15 is 0 Å². The number of halogens is 3. The van der Waals surface area contributed by atoms with Gasteiger partial charge in [0.1, 0.15) is 5.82 Å². The first kappa shape index (κ1) is 14.4. The summed E-state index contributed by atoms with van der Waals surface area (Å²) in [4.78, 5) is 0. The minimum atomic E-state index is -0.425. The highest BCUT2D eigenvalue weighted by atomic mass is 35.5. The van der Waals surface area contributed by atoms with Gasteiger partial charge < -0.3 is 0 Å². The van der Waals surface area contributed by atoms with Crippen LogP contribution in [0.25, 0.3) is 0 Å². The summed E-state index contributed by atoms with van der Waals surface area (Å²) in [5.74, 6) is -0.425. The van der Waals surface area contributed by atoms with E-state index in [2.05, 4.69) is 25.1 Å². The van der Waals surface area contributed by atoms with Gasteiger partial charge in [0.15, 0.2) is 0 Å². The first-order valence-corrected chi connectivity index (χ1v) is 6.94. The standard InChI is InChI=1S/C16H15Cl2F/c1-10-3-4-11(2)13(7-10)8-15(18)12-5-6-14(17)16(19)9-12/h3-7,9,15H,8H2,1-2H3. The van der Waals surface area contributed by atoms with Crippen LogP contribution in [0.2, 0.25) is 5.02 Å². The Balaban J connectivity index is 2.22. The number of alkyl halides is 1. The van der Waals surface area contributed by atoms with Crippen LogP contribution in [0.3, 0.4) is 0 Å². The van der Waals surface area contributed by atoms with Gasteiger partial charge in [0.05, 0.1) is 10.4 Å². The Morgan fingerprint density at radius 2 is 1.84 bits per heavy atom. The van der Waals surface area contributed by atoms with Gasteiger partial charge in [-0.05, 0) is 49.1 Å². The van der Waals surface area contributed by atoms with E-state index < -0.39 is 5.82 Å². The molecule has 100 valence electrons. The van der Waals surface area contributed by atoms with Gasteiger partial charge in [-0.15, -0.1) is 11.6 Å². The van der Waals surface area contributed by atoms with Crippen molar-refractivity contribution in [3.05, 3.63) is 69.5 Å². The zero-order valence-corrected chi connectivity index (χ0v) is 12.4. The molecular weight excluding hydrogens is 282 g/mol. The normalized spacial score (nSPS) is 12.5. The molecule has 0 N–H and O–H groups in total. The summed E-state index contributed by atoms with van der Waals surface area (Å²) in [7, 11) is 0. The second kappa shape index (κ2) is 5.94. The summed E-state index contributed by atoms with van der Waals surface area (Å²) < 4.78 is 13.4. The van der Waals surface area contributed by atoms with Gasteiger partial charge in [0.2, 0.25) is 0 Å². The summed E-state index contributed by atoms with van der Waals surface area (Å²) in [6.07, 6.45) is 0.677. The summed E-state index contributed by atoms with van der Waals surface area (Å²) in [5, 5.41) is -0.133. The van der Waals surface area contributed by atoms with Gasteiger partial charge in [0, 0.05) is 0 Å². The van der Waals surface area contributed by atoms with Crippen molar-refractivity contribution in [2.75, 3.05) is 0 Å². The molecule has 1 unspecified atom stereocenters. The lowest BCUT2D eigenvalue weighted by Gasteiger charge is -2.13. The summed E-state index contributed by atoms with van der Waals surface area (Å²) >= 11 is 12.1. The van der Waals surface area contributed by atoms with Crippen LogP contribution in [0.5, 0.6) is 0 Å². The number of rotatable bonds is 3. The molecule has 0 spiro atoms. The number of hydrogen-bond acceptors (Lipinski definition) is 0. The fraction of sp³-hybridized carbons (Fsp3) is 0.250. The molecule has 0 aliphatic carbocycles. The molecule has 0 saturated heterocycles. The SMILES string of the molecule is Cc1ccc(C)c(CC(Cl)c2ccc(Cl)c(F)c2)c1. The largest absolute Gasteiger partial charge is 0.205 e. The molecule has 0 aromatic heterocycles. The summed E-state index contributed by atoms with van der Waals surface area (Å²) in [5.41, 5.74) is 4.34. The number of aryl methyl sites for hydroxylation is 2. The molecule has 19 heavy (non-hydrogen) atoms. The number of benzene rings is 2. The predicted molar refractivity (Wildman–Crippen MR) is 79.6 cm³/mol. The van der Waals surface area contributed by atoms with Crippen molar-refractivity contribution in [3.63, 3.8) is 0 Å². The Hall–Kier alpha value is -1.05. The van der Waals surface area contributed by atoms with E-state index in [9.17, 15) is 4.39 Å². The first-order valence-electron chi connectivity index (χ1n) is 6.12. The predicted octanol–water partition coefficient (Wildman–Crippen LogP) is 5.62. The van der Waals surface area contributed by atoms with E-state index in [0.29, 0.717) is 6.42 Å². The van der Waals surface area contributed by atoms with Gasteiger partial charge in [-0.1, -0.05) is 41.4 Å². The van der Waals surface area contributed by atoms with Crippen LogP contribution in [0.1, 0.15) is 27.6 Å². The van der Waals surface area contributed by atoms with Crippen molar-refractivity contribution in [3.8, 4) is 0 Å². The minimum Gasteiger partial charge on any atom is -0.205 e. The summed E-state index contributed by atoms with van der Waals surface area (Å²) in [6.45, 7) is 4.11. The molecule has 3 heteroatoms. The molecule has 2 rings (SSSR count). The summed E-state index contributed by atoms with van der Waals surface area (Å²) in [6, 6.07) is 11.0. The van der Waals surface area contributed by atoms with Crippen molar-refractivity contribution in [2.45, 2.75) is 25.6 Å². The topological polar surface area (TPSA) is 0 Å². The maximum Gasteiger partial charge on any atom is 0.142 e. The van der Waals surface area contributed by atoms with Crippen molar-refractivity contribution >= 4 is 23.2 Å². The third kappa shape index (κ3) is 3.49. The molecule has 0 amide bonds. The maximum atomic E-state index is 13.4. The highest BCUT2D eigenvalue weighted by Crippen LogP contribution is 2.29. The van der Waals surface area contributed by atoms with E-state index in [1.54, 1.807) is 12.1 Å². The Labute approximate surface area is 123 Å². The molecule has 0 radical (unpaired) electrons. The van der Waals surface area contributed by atoms with Crippen LogP contribution in [-0.4, -0.2) is 0 Å². The molecule has 0 aliphatic heterocycles. The van der Waals surface area contributed by atoms with E-state index in [0.717, 1.165) is 5.56 Å². The van der Waals surface area contributed by atoms with Gasteiger partial charge >= 0.3 is 0 Å². The second-order valence-electron chi connectivity index (χ2n) is 4.78. The highest BCUT2D eigenvalue weighted by molar-refractivity contribution is 6.30. The third-order valence-electron chi connectivity index (χ3n) is 3.21. The lowest BCUT2D eigenvalue weighted by molar-refractivity contribution is 0.625. The van der Waals surface area contributed by atoms with Crippen molar-refractivity contribution in [2.24, 2.45) is 0 Å². The van der Waals surface area contributed by atoms with Gasteiger partial charge in [0.25, 0.3) is 0 Å². The maximum absolute atomic E-state index is 13.4. The van der Waals surface area contributed by atoms with Crippen LogP contribution in [0.4, 0.5) is 4.39 Å². The zero-order valence-electron chi connectivity index (χ0n) is 10.9. The van der Waals surface area contributed by atoms with Crippen LogP contribution < -0.4 is 0 Å². The molecule has 1 atom stereocenters. The number of hydrogen-bond donors (Lipinski definition) is 0. The molecular formula is C16H15Cl2F. The Morgan fingerprint density at radius 3 is 2.53 bits per heavy atom. The van der Waals surface area contributed by atoms with Crippen LogP contribution >= 0.6 is 23.2 Å². The van der Waals surface area contributed by atoms with Gasteiger partial charge in [-0.2, -0.15) is 0 Å². The van der Waals surface area contributed by atoms with Crippen molar-refractivity contribution in [1.82, 2.24) is 0 Å². The van der Waals surface area contributed by atoms with Crippen LogP contribution in [0, 0.1) is 19.7 Å². The van der Waals surface area contributed by atoms with Crippen LogP contribution in [-0.2, 0) is 6.42 Å². The second-order valence-corrected chi connectivity index (χ2v) is 5.71. The first-order chi connectivity index (χ1) is 8.97. The van der Waals surface area contributed by atoms with Crippen molar-refractivity contribution in [1.29, 1.82) is 0 Å². The molecule has 0 saturated carbocycles. The lowest BCUT2D eigenvalue weighted by Crippen LogP contribution is -1.99. The van der Waals surface area contributed by atoms with Gasteiger partial charge in [-0.25, -0.2) is 4.39 Å². The van der Waals surface area contributed by atoms with Crippen molar-refractivity contribution < 1.29 is 4.39 Å². The van der Waals surface area contributed by atoms with E-state index in [-0.39, 0.29) is 10.4 Å². The highest BCUT2D eigenvalue weighted by Gasteiger charge is 2.12. The zero-order chi connectivity index (χ0) is 14.0.